The number of aromatic nitrogens is 1. The lowest BCUT2D eigenvalue weighted by molar-refractivity contribution is -0.339. The van der Waals surface area contributed by atoms with Crippen LogP contribution in [0.25, 0.3) is 16.6 Å². The van der Waals surface area contributed by atoms with Gasteiger partial charge < -0.3 is 10.0 Å². The van der Waals surface area contributed by atoms with Crippen molar-refractivity contribution in [2.45, 2.75) is 18.0 Å². The molecule has 5 rings (SSSR count). The molecule has 0 saturated heterocycles. The maximum Gasteiger partial charge on any atom is 0.460 e. The van der Waals surface area contributed by atoms with E-state index in [1.165, 1.54) is 18.2 Å². The number of rotatable bonds is 7. The molecular weight excluding hydrogens is 657 g/mol. The largest absolute Gasteiger partial charge is 0.506 e. The van der Waals surface area contributed by atoms with Crippen molar-refractivity contribution in [2.24, 2.45) is 0 Å². The summed E-state index contributed by atoms with van der Waals surface area (Å²) in [5.74, 6) is -23.1. The highest BCUT2D eigenvalue weighted by Crippen LogP contribution is 2.49. The van der Waals surface area contributed by atoms with Crippen molar-refractivity contribution in [3.8, 4) is 11.4 Å². The van der Waals surface area contributed by atoms with Gasteiger partial charge in [-0.3, -0.25) is 14.2 Å². The van der Waals surface area contributed by atoms with Crippen molar-refractivity contribution in [1.82, 2.24) is 4.57 Å². The lowest BCUT2D eigenvalue weighted by Gasteiger charge is -2.28. The minimum absolute atomic E-state index is 0.260. The topological polar surface area (TPSA) is 62.5 Å². The monoisotopic (exact) mass is 672 g/mol. The predicted octanol–water partition coefficient (Wildman–Crippen LogP) is 8.74. The van der Waals surface area contributed by atoms with E-state index in [1.807, 2.05) is 0 Å². The number of hydrogen-bond acceptors (Lipinski definition) is 4. The van der Waals surface area contributed by atoms with Crippen LogP contribution in [-0.2, 0) is 0 Å². The Balaban J connectivity index is 1.85. The number of alkyl halides is 7. The highest BCUT2D eigenvalue weighted by molar-refractivity contribution is 6.08. The fourth-order valence-electron chi connectivity index (χ4n) is 4.80. The van der Waals surface area contributed by atoms with E-state index in [0.29, 0.717) is 16.7 Å². The first-order chi connectivity index (χ1) is 21.8. The van der Waals surface area contributed by atoms with Gasteiger partial charge in [0.25, 0.3) is 5.56 Å². The molecule has 0 aliphatic rings. The maximum absolute atomic E-state index is 14.5. The number of para-hydroxylation sites is 1. The quantitative estimate of drug-likeness (QED) is 0.139. The third-order valence-corrected chi connectivity index (χ3v) is 6.88. The van der Waals surface area contributed by atoms with Gasteiger partial charge in [-0.15, -0.1) is 0 Å². The van der Waals surface area contributed by atoms with E-state index in [0.717, 1.165) is 59.5 Å². The number of nitrogens with zero attached hydrogens (tertiary/aromatic N) is 2. The molecule has 4 aromatic carbocycles. The van der Waals surface area contributed by atoms with Crippen LogP contribution in [0.15, 0.2) is 89.7 Å². The standard InChI is InChI=1S/C31H15F11N2O3/c32-15-8-16(33)11-21(10-15)43(22-12-17(34)9-18(35)13-22)20-6-7-23-24(14-20)44(19-4-2-1-3-5-19)28(47)25(26(23)45)27(46)29(36,37)30(38,39)31(40,41)42/h1-14,45H. The van der Waals surface area contributed by atoms with Crippen LogP contribution in [0.2, 0.25) is 0 Å². The number of Topliss-reactive ketones (excluding diaryl/α,β-unsaturated/α-hetero) is 1. The van der Waals surface area contributed by atoms with Gasteiger partial charge in [0.15, 0.2) is 0 Å². The first-order valence-corrected chi connectivity index (χ1v) is 12.9. The molecule has 1 aromatic heterocycles. The van der Waals surface area contributed by atoms with Crippen LogP contribution in [0.1, 0.15) is 10.4 Å². The molecule has 5 aromatic rings. The number of carbonyl (C=O) groups is 1. The van der Waals surface area contributed by atoms with Gasteiger partial charge in [0.05, 0.1) is 16.9 Å². The Bertz CT molecular complexity index is 2000. The Hall–Kier alpha value is -5.41. The van der Waals surface area contributed by atoms with Crippen molar-refractivity contribution in [3.05, 3.63) is 124 Å². The van der Waals surface area contributed by atoms with Gasteiger partial charge in [-0.1, -0.05) is 18.2 Å². The summed E-state index contributed by atoms with van der Waals surface area (Å²) in [4.78, 5) is 27.1. The average molecular weight is 672 g/mol. The molecule has 47 heavy (non-hydrogen) atoms. The lowest BCUT2D eigenvalue weighted by Crippen LogP contribution is -2.57. The number of anilines is 3. The number of halogens is 11. The highest BCUT2D eigenvalue weighted by atomic mass is 19.4. The van der Waals surface area contributed by atoms with Crippen molar-refractivity contribution in [2.75, 3.05) is 4.90 Å². The van der Waals surface area contributed by atoms with Crippen LogP contribution in [0.3, 0.4) is 0 Å². The van der Waals surface area contributed by atoms with Crippen molar-refractivity contribution >= 4 is 33.7 Å². The maximum atomic E-state index is 14.5. The molecule has 244 valence electrons. The Labute approximate surface area is 255 Å². The number of aromatic hydroxyl groups is 1. The molecule has 0 aliphatic carbocycles. The number of benzene rings is 4. The van der Waals surface area contributed by atoms with E-state index in [1.54, 1.807) is 0 Å². The molecular formula is C31H15F11N2O3. The molecule has 16 heteroatoms. The minimum atomic E-state index is -6.96. The van der Waals surface area contributed by atoms with Crippen molar-refractivity contribution in [3.63, 3.8) is 0 Å². The third kappa shape index (κ3) is 5.63. The van der Waals surface area contributed by atoms with E-state index in [2.05, 4.69) is 0 Å². The van der Waals surface area contributed by atoms with Crippen LogP contribution in [-0.4, -0.2) is 33.5 Å². The van der Waals surface area contributed by atoms with Gasteiger partial charge in [-0.05, 0) is 54.6 Å². The van der Waals surface area contributed by atoms with Gasteiger partial charge in [0.2, 0.25) is 5.78 Å². The lowest BCUT2D eigenvalue weighted by atomic mass is 9.97. The van der Waals surface area contributed by atoms with Gasteiger partial charge in [0, 0.05) is 28.9 Å². The zero-order chi connectivity index (χ0) is 34.6. The molecule has 0 spiro atoms. The number of pyridine rings is 1. The normalized spacial score (nSPS) is 12.4. The summed E-state index contributed by atoms with van der Waals surface area (Å²) in [6, 6.07) is 12.9. The molecule has 0 bridgehead atoms. The summed E-state index contributed by atoms with van der Waals surface area (Å²) in [6.07, 6.45) is -6.94. The zero-order valence-corrected chi connectivity index (χ0v) is 22.9. The molecule has 0 amide bonds. The van der Waals surface area contributed by atoms with Crippen molar-refractivity contribution < 1.29 is 58.2 Å². The molecule has 0 radical (unpaired) electrons. The number of fused-ring (bicyclic) bond motifs is 1. The fraction of sp³-hybridized carbons (Fsp3) is 0.0968. The molecule has 0 fully saturated rings. The summed E-state index contributed by atoms with van der Waals surface area (Å²) >= 11 is 0. The molecule has 0 aliphatic heterocycles. The van der Waals surface area contributed by atoms with E-state index < -0.39 is 74.8 Å². The SMILES string of the molecule is O=C(c1c(O)c2ccc(N(c3cc(F)cc(F)c3)c3cc(F)cc(F)c3)cc2n(-c2ccccc2)c1=O)C(F)(F)C(F)(F)C(F)(F)F. The Morgan fingerprint density at radius 2 is 1.15 bits per heavy atom. The van der Waals surface area contributed by atoms with Crippen LogP contribution < -0.4 is 10.5 Å². The smallest absolute Gasteiger partial charge is 0.460 e. The number of ketones is 1. The third-order valence-electron chi connectivity index (χ3n) is 6.88. The van der Waals surface area contributed by atoms with E-state index in [4.69, 9.17) is 0 Å². The number of carbonyl (C=O) groups excluding carboxylic acids is 1. The van der Waals surface area contributed by atoms with Gasteiger partial charge >= 0.3 is 18.0 Å². The van der Waals surface area contributed by atoms with Gasteiger partial charge in [-0.2, -0.15) is 30.7 Å². The van der Waals surface area contributed by atoms with Crippen LogP contribution in [0.4, 0.5) is 65.4 Å². The highest BCUT2D eigenvalue weighted by Gasteiger charge is 2.76. The van der Waals surface area contributed by atoms with Crippen molar-refractivity contribution in [1.29, 1.82) is 0 Å². The van der Waals surface area contributed by atoms with E-state index in [9.17, 15) is 63.0 Å². The number of hydrogen-bond donors (Lipinski definition) is 1. The first kappa shape index (κ1) is 33.0. The molecule has 1 N–H and O–H groups in total. The summed E-state index contributed by atoms with van der Waals surface area (Å²) in [5, 5.41) is 10.1. The van der Waals surface area contributed by atoms with E-state index >= 15 is 0 Å². The second-order valence-electron chi connectivity index (χ2n) is 9.97. The summed E-state index contributed by atoms with van der Waals surface area (Å²) in [6.45, 7) is 0. The van der Waals surface area contributed by atoms with Gasteiger partial charge in [-0.25, -0.2) is 17.6 Å². The molecule has 0 unspecified atom stereocenters. The Morgan fingerprint density at radius 1 is 0.660 bits per heavy atom. The second-order valence-corrected chi connectivity index (χ2v) is 9.97. The molecule has 0 atom stereocenters. The first-order valence-electron chi connectivity index (χ1n) is 12.9. The average Bonchev–Trinajstić information content (AvgIpc) is 2.96. The Kier molecular flexibility index (Phi) is 8.02. The summed E-state index contributed by atoms with van der Waals surface area (Å²) in [5.41, 5.74) is -5.89. The summed E-state index contributed by atoms with van der Waals surface area (Å²) in [7, 11) is 0. The molecule has 5 nitrogen and oxygen atoms in total. The molecule has 0 saturated carbocycles. The van der Waals surface area contributed by atoms with Crippen LogP contribution in [0, 0.1) is 23.3 Å². The second kappa shape index (κ2) is 11.4. The zero-order valence-electron chi connectivity index (χ0n) is 22.9. The minimum Gasteiger partial charge on any atom is -0.506 e. The Morgan fingerprint density at radius 3 is 1.62 bits per heavy atom. The summed E-state index contributed by atoms with van der Waals surface area (Å²) < 4.78 is 153. The van der Waals surface area contributed by atoms with E-state index in [-0.39, 0.29) is 22.7 Å². The predicted molar refractivity (Wildman–Crippen MR) is 146 cm³/mol. The molecule has 1 heterocycles. The van der Waals surface area contributed by atoms with Gasteiger partial charge in [0.1, 0.15) is 34.6 Å². The van der Waals surface area contributed by atoms with Crippen LogP contribution in [0.5, 0.6) is 5.75 Å². The fourth-order valence-corrected chi connectivity index (χ4v) is 4.80. The van der Waals surface area contributed by atoms with Crippen LogP contribution >= 0.6 is 0 Å².